The molecule has 1 aromatic carbocycles. The lowest BCUT2D eigenvalue weighted by atomic mass is 10.0. The minimum atomic E-state index is -0.269. The summed E-state index contributed by atoms with van der Waals surface area (Å²) in [4.78, 5) is 0. The molecular weight excluding hydrogens is 240 g/mol. The maximum absolute atomic E-state index is 9.93. The van der Waals surface area contributed by atoms with E-state index in [9.17, 15) is 5.11 Å². The minimum absolute atomic E-state index is 0.269. The van der Waals surface area contributed by atoms with Crippen LogP contribution in [0.4, 0.5) is 0 Å². The number of hydrogen-bond donors (Lipinski definition) is 1. The van der Waals surface area contributed by atoms with Crippen LogP contribution >= 0.6 is 15.9 Å². The van der Waals surface area contributed by atoms with E-state index >= 15 is 0 Å². The molecule has 1 fully saturated rings. The molecule has 1 N–H and O–H groups in total. The predicted molar refractivity (Wildman–Crippen MR) is 61.2 cm³/mol. The van der Waals surface area contributed by atoms with Crippen LogP contribution in [0.3, 0.4) is 0 Å². The van der Waals surface area contributed by atoms with Gasteiger partial charge in [0.2, 0.25) is 0 Å². The van der Waals surface area contributed by atoms with Crippen molar-refractivity contribution in [2.24, 2.45) is 5.92 Å². The Labute approximate surface area is 93.3 Å². The molecule has 0 amide bonds. The second kappa shape index (κ2) is 4.03. The molecule has 2 rings (SSSR count). The average Bonchev–Trinajstić information content (AvgIpc) is 2.93. The first kappa shape index (κ1) is 10.2. The lowest BCUT2D eigenvalue weighted by Gasteiger charge is -2.11. The Kier molecular flexibility index (Phi) is 2.93. The Hall–Kier alpha value is -0.340. The van der Waals surface area contributed by atoms with E-state index in [0.717, 1.165) is 22.4 Å². The van der Waals surface area contributed by atoms with Gasteiger partial charge in [0.15, 0.2) is 0 Å². The van der Waals surface area contributed by atoms with Crippen molar-refractivity contribution >= 4 is 15.9 Å². The largest absolute Gasteiger partial charge is 0.388 e. The third-order valence-corrected chi connectivity index (χ3v) is 3.71. The number of rotatable bonds is 3. The van der Waals surface area contributed by atoms with Gasteiger partial charge in [-0.15, -0.1) is 0 Å². The van der Waals surface area contributed by atoms with E-state index in [1.54, 1.807) is 0 Å². The maximum Gasteiger partial charge on any atom is 0.0792 e. The van der Waals surface area contributed by atoms with E-state index < -0.39 is 0 Å². The van der Waals surface area contributed by atoms with Crippen LogP contribution in [0, 0.1) is 12.8 Å². The fourth-order valence-corrected chi connectivity index (χ4v) is 1.93. The molecule has 0 aromatic heterocycles. The summed E-state index contributed by atoms with van der Waals surface area (Å²) >= 11 is 3.46. The van der Waals surface area contributed by atoms with Gasteiger partial charge in [-0.05, 0) is 36.5 Å². The van der Waals surface area contributed by atoms with Crippen molar-refractivity contribution in [3.8, 4) is 0 Å². The lowest BCUT2D eigenvalue weighted by Crippen LogP contribution is -1.98. The molecule has 1 unspecified atom stereocenters. The summed E-state index contributed by atoms with van der Waals surface area (Å²) in [6.07, 6.45) is 3.26. The highest BCUT2D eigenvalue weighted by atomic mass is 79.9. The van der Waals surface area contributed by atoms with E-state index in [2.05, 4.69) is 28.9 Å². The zero-order valence-corrected chi connectivity index (χ0v) is 9.92. The summed E-state index contributed by atoms with van der Waals surface area (Å²) in [5, 5.41) is 9.93. The fourth-order valence-electron chi connectivity index (χ4n) is 1.68. The fraction of sp³-hybridized carbons (Fsp3) is 0.500. The molecule has 1 aliphatic carbocycles. The monoisotopic (exact) mass is 254 g/mol. The van der Waals surface area contributed by atoms with Crippen molar-refractivity contribution in [2.75, 3.05) is 0 Å². The Morgan fingerprint density at radius 2 is 2.21 bits per heavy atom. The first-order valence-electron chi connectivity index (χ1n) is 5.11. The molecule has 76 valence electrons. The van der Waals surface area contributed by atoms with Crippen LogP contribution in [0.1, 0.15) is 36.5 Å². The molecule has 0 radical (unpaired) electrons. The molecular formula is C12H15BrO. The summed E-state index contributed by atoms with van der Waals surface area (Å²) in [6.45, 7) is 2.05. The second-order valence-electron chi connectivity index (χ2n) is 4.20. The molecule has 2 heteroatoms. The van der Waals surface area contributed by atoms with Crippen LogP contribution in [0.25, 0.3) is 0 Å². The minimum Gasteiger partial charge on any atom is -0.388 e. The molecule has 1 aromatic rings. The standard InChI is InChI=1S/C12H15BrO/c1-8-6-10(4-5-11(8)13)12(14)7-9-2-3-9/h4-6,9,12,14H,2-3,7H2,1H3. The van der Waals surface area contributed by atoms with E-state index in [1.165, 1.54) is 18.4 Å². The first-order chi connectivity index (χ1) is 6.66. The topological polar surface area (TPSA) is 20.2 Å². The van der Waals surface area contributed by atoms with Crippen molar-refractivity contribution in [1.82, 2.24) is 0 Å². The van der Waals surface area contributed by atoms with E-state index in [-0.39, 0.29) is 6.10 Å². The molecule has 0 aliphatic heterocycles. The summed E-state index contributed by atoms with van der Waals surface area (Å²) in [7, 11) is 0. The van der Waals surface area contributed by atoms with Crippen LogP contribution < -0.4 is 0 Å². The highest BCUT2D eigenvalue weighted by Crippen LogP contribution is 2.37. The van der Waals surface area contributed by atoms with Gasteiger partial charge in [-0.25, -0.2) is 0 Å². The highest BCUT2D eigenvalue weighted by molar-refractivity contribution is 9.10. The van der Waals surface area contributed by atoms with Crippen molar-refractivity contribution in [2.45, 2.75) is 32.3 Å². The van der Waals surface area contributed by atoms with Crippen LogP contribution in [0.2, 0.25) is 0 Å². The number of aliphatic hydroxyl groups is 1. The summed E-state index contributed by atoms with van der Waals surface area (Å²) in [5.74, 6) is 0.772. The van der Waals surface area contributed by atoms with Gasteiger partial charge in [0, 0.05) is 4.47 Å². The molecule has 1 saturated carbocycles. The van der Waals surface area contributed by atoms with Gasteiger partial charge in [-0.1, -0.05) is 40.9 Å². The van der Waals surface area contributed by atoms with Crippen LogP contribution in [-0.2, 0) is 0 Å². The molecule has 1 atom stereocenters. The highest BCUT2D eigenvalue weighted by Gasteiger charge is 2.25. The Morgan fingerprint density at radius 3 is 2.79 bits per heavy atom. The average molecular weight is 255 g/mol. The van der Waals surface area contributed by atoms with Crippen molar-refractivity contribution < 1.29 is 5.11 Å². The van der Waals surface area contributed by atoms with Crippen LogP contribution in [0.15, 0.2) is 22.7 Å². The van der Waals surface area contributed by atoms with E-state index in [1.807, 2.05) is 12.1 Å². The zero-order valence-electron chi connectivity index (χ0n) is 8.33. The quantitative estimate of drug-likeness (QED) is 0.875. The van der Waals surface area contributed by atoms with Crippen molar-refractivity contribution in [3.05, 3.63) is 33.8 Å². The molecule has 1 aliphatic rings. The van der Waals surface area contributed by atoms with E-state index in [0.29, 0.717) is 0 Å². The number of aliphatic hydroxyl groups excluding tert-OH is 1. The SMILES string of the molecule is Cc1cc(C(O)CC2CC2)ccc1Br. The Morgan fingerprint density at radius 1 is 1.50 bits per heavy atom. The molecule has 0 bridgehead atoms. The van der Waals surface area contributed by atoms with Crippen molar-refractivity contribution in [1.29, 1.82) is 0 Å². The number of benzene rings is 1. The smallest absolute Gasteiger partial charge is 0.0792 e. The molecule has 1 nitrogen and oxygen atoms in total. The molecule has 0 spiro atoms. The summed E-state index contributed by atoms with van der Waals surface area (Å²) < 4.78 is 1.11. The van der Waals surface area contributed by atoms with Crippen LogP contribution in [-0.4, -0.2) is 5.11 Å². The van der Waals surface area contributed by atoms with E-state index in [4.69, 9.17) is 0 Å². The maximum atomic E-state index is 9.93. The third-order valence-electron chi connectivity index (χ3n) is 2.82. The van der Waals surface area contributed by atoms with Gasteiger partial charge in [0.1, 0.15) is 0 Å². The Bertz CT molecular complexity index is 331. The molecule has 0 saturated heterocycles. The lowest BCUT2D eigenvalue weighted by molar-refractivity contribution is 0.160. The first-order valence-corrected chi connectivity index (χ1v) is 5.90. The number of aryl methyl sites for hydroxylation is 1. The van der Waals surface area contributed by atoms with Crippen LogP contribution in [0.5, 0.6) is 0 Å². The van der Waals surface area contributed by atoms with Gasteiger partial charge in [0.25, 0.3) is 0 Å². The van der Waals surface area contributed by atoms with Gasteiger partial charge >= 0.3 is 0 Å². The van der Waals surface area contributed by atoms with Crippen molar-refractivity contribution in [3.63, 3.8) is 0 Å². The third kappa shape index (κ3) is 2.37. The van der Waals surface area contributed by atoms with Gasteiger partial charge < -0.3 is 5.11 Å². The molecule has 14 heavy (non-hydrogen) atoms. The van der Waals surface area contributed by atoms with Gasteiger partial charge in [-0.2, -0.15) is 0 Å². The summed E-state index contributed by atoms with van der Waals surface area (Å²) in [5.41, 5.74) is 2.25. The number of halogens is 1. The predicted octanol–water partition coefficient (Wildman–Crippen LogP) is 3.59. The normalized spacial score (nSPS) is 18.2. The summed E-state index contributed by atoms with van der Waals surface area (Å²) in [6, 6.07) is 6.09. The zero-order chi connectivity index (χ0) is 10.1. The molecule has 0 heterocycles. The van der Waals surface area contributed by atoms with Gasteiger partial charge in [-0.3, -0.25) is 0 Å². The Balaban J connectivity index is 2.10. The second-order valence-corrected chi connectivity index (χ2v) is 5.06. The van der Waals surface area contributed by atoms with Gasteiger partial charge in [0.05, 0.1) is 6.10 Å². The number of hydrogen-bond acceptors (Lipinski definition) is 1.